The molecule has 1 saturated heterocycles. The molecule has 40 heavy (non-hydrogen) atoms. The van der Waals surface area contributed by atoms with E-state index in [1.807, 2.05) is 4.57 Å². The molecule has 2 atom stereocenters. The van der Waals surface area contributed by atoms with Crippen LogP contribution in [0.1, 0.15) is 62.1 Å². The third-order valence-electron chi connectivity index (χ3n) is 8.13. The number of aromatic nitrogens is 4. The van der Waals surface area contributed by atoms with Gasteiger partial charge in [-0.05, 0) is 50.7 Å². The zero-order valence-electron chi connectivity index (χ0n) is 23.1. The fourth-order valence-electron chi connectivity index (χ4n) is 5.80. The Kier molecular flexibility index (Phi) is 8.08. The number of aliphatic hydroxyl groups excluding tert-OH is 1. The van der Waals surface area contributed by atoms with Gasteiger partial charge in [0.05, 0.1) is 35.4 Å². The van der Waals surface area contributed by atoms with E-state index in [-0.39, 0.29) is 24.6 Å². The molecule has 0 bridgehead atoms. The molecule has 11 heteroatoms. The molecule has 1 aliphatic carbocycles. The fraction of sp³-hybridized carbons (Fsp3) is 0.517. The van der Waals surface area contributed by atoms with Crippen LogP contribution in [0.3, 0.4) is 0 Å². The average molecular weight is 545 g/mol. The third-order valence-corrected chi connectivity index (χ3v) is 8.13. The molecule has 11 nitrogen and oxygen atoms in total. The van der Waals surface area contributed by atoms with Gasteiger partial charge >= 0.3 is 5.69 Å². The number of fused-ring (bicyclic) bond motifs is 1. The minimum atomic E-state index is -1.10. The van der Waals surface area contributed by atoms with Gasteiger partial charge in [0, 0.05) is 38.9 Å². The normalized spacial score (nSPS) is 18.2. The van der Waals surface area contributed by atoms with Crippen LogP contribution in [0.5, 0.6) is 0 Å². The van der Waals surface area contributed by atoms with Crippen molar-refractivity contribution in [3.63, 3.8) is 0 Å². The summed E-state index contributed by atoms with van der Waals surface area (Å²) in [4.78, 5) is 34.3. The molecule has 1 aliphatic heterocycles. The Morgan fingerprint density at radius 2 is 2.02 bits per heavy atom. The summed E-state index contributed by atoms with van der Waals surface area (Å²) >= 11 is 0. The molecule has 3 aromatic rings. The SMILES string of the molecule is CC#CCn1c(N2CCC[C@@H](N)C2)c(C(O)NCC2CCC2)c2c1c(=O)n(Cc1ncccc1C#N)c(=O)n2C. The molecule has 5 rings (SSSR count). The van der Waals surface area contributed by atoms with Gasteiger partial charge in [-0.3, -0.25) is 24.2 Å². The largest absolute Gasteiger partial charge is 0.374 e. The second kappa shape index (κ2) is 11.7. The number of rotatable bonds is 8. The number of anilines is 1. The van der Waals surface area contributed by atoms with Crippen LogP contribution < -0.4 is 27.2 Å². The summed E-state index contributed by atoms with van der Waals surface area (Å²) in [5.74, 6) is 7.14. The van der Waals surface area contributed by atoms with E-state index in [1.165, 1.54) is 17.2 Å². The Morgan fingerprint density at radius 1 is 1.23 bits per heavy atom. The molecule has 3 aromatic heterocycles. The zero-order chi connectivity index (χ0) is 28.4. The minimum absolute atomic E-state index is 0.0561. The lowest BCUT2D eigenvalue weighted by molar-refractivity contribution is 0.124. The quantitative estimate of drug-likeness (QED) is 0.283. The van der Waals surface area contributed by atoms with Crippen molar-refractivity contribution in [3.8, 4) is 17.9 Å². The summed E-state index contributed by atoms with van der Waals surface area (Å²) in [6, 6.07) is 5.27. The van der Waals surface area contributed by atoms with Crippen molar-refractivity contribution in [1.29, 1.82) is 5.26 Å². The molecule has 1 unspecified atom stereocenters. The predicted molar refractivity (Wildman–Crippen MR) is 153 cm³/mol. The van der Waals surface area contributed by atoms with Gasteiger partial charge in [-0.2, -0.15) is 5.26 Å². The van der Waals surface area contributed by atoms with Gasteiger partial charge < -0.3 is 20.3 Å². The van der Waals surface area contributed by atoms with Crippen molar-refractivity contribution in [2.24, 2.45) is 18.7 Å². The molecule has 4 heterocycles. The predicted octanol–water partition coefficient (Wildman–Crippen LogP) is 1.15. The maximum absolute atomic E-state index is 14.2. The number of hydrogen-bond donors (Lipinski definition) is 3. The van der Waals surface area contributed by atoms with Crippen LogP contribution in [-0.2, 0) is 20.1 Å². The first-order valence-electron chi connectivity index (χ1n) is 13.9. The Balaban J connectivity index is 1.76. The van der Waals surface area contributed by atoms with Gasteiger partial charge in [-0.15, -0.1) is 5.92 Å². The van der Waals surface area contributed by atoms with Crippen LogP contribution in [0.15, 0.2) is 27.9 Å². The van der Waals surface area contributed by atoms with E-state index in [4.69, 9.17) is 5.73 Å². The summed E-state index contributed by atoms with van der Waals surface area (Å²) in [6.45, 7) is 3.68. The molecule has 210 valence electrons. The van der Waals surface area contributed by atoms with E-state index in [9.17, 15) is 20.0 Å². The number of piperidine rings is 1. The van der Waals surface area contributed by atoms with E-state index in [0.717, 1.165) is 30.3 Å². The number of nitriles is 1. The van der Waals surface area contributed by atoms with Gasteiger partial charge in [0.25, 0.3) is 5.56 Å². The first-order valence-corrected chi connectivity index (χ1v) is 13.9. The number of nitrogens with zero attached hydrogens (tertiary/aromatic N) is 6. The first kappa shape index (κ1) is 27.7. The van der Waals surface area contributed by atoms with Crippen LogP contribution in [0.4, 0.5) is 5.82 Å². The fourth-order valence-corrected chi connectivity index (χ4v) is 5.80. The lowest BCUT2D eigenvalue weighted by Crippen LogP contribution is -2.44. The van der Waals surface area contributed by atoms with E-state index < -0.39 is 17.5 Å². The van der Waals surface area contributed by atoms with Crippen LogP contribution in [-0.4, -0.2) is 49.5 Å². The van der Waals surface area contributed by atoms with Crippen molar-refractivity contribution in [3.05, 3.63) is 56.0 Å². The highest BCUT2D eigenvalue weighted by atomic mass is 16.3. The smallest absolute Gasteiger partial charge is 0.331 e. The lowest BCUT2D eigenvalue weighted by atomic mass is 9.85. The van der Waals surface area contributed by atoms with Crippen molar-refractivity contribution in [2.45, 2.75) is 64.4 Å². The number of nitrogens with one attached hydrogen (secondary N) is 1. The highest BCUT2D eigenvalue weighted by Crippen LogP contribution is 2.36. The molecule has 0 spiro atoms. The third kappa shape index (κ3) is 5.04. The van der Waals surface area contributed by atoms with E-state index >= 15 is 0 Å². The Bertz CT molecular complexity index is 1630. The van der Waals surface area contributed by atoms with Crippen molar-refractivity contribution in [2.75, 3.05) is 24.5 Å². The molecule has 0 amide bonds. The topological polar surface area (TPSA) is 147 Å². The maximum Gasteiger partial charge on any atom is 0.331 e. The van der Waals surface area contributed by atoms with Crippen molar-refractivity contribution >= 4 is 16.9 Å². The summed E-state index contributed by atoms with van der Waals surface area (Å²) < 4.78 is 4.33. The second-order valence-electron chi connectivity index (χ2n) is 10.7. The monoisotopic (exact) mass is 544 g/mol. The highest BCUT2D eigenvalue weighted by molar-refractivity contribution is 5.87. The summed E-state index contributed by atoms with van der Waals surface area (Å²) in [6.07, 6.45) is 5.60. The molecule has 0 aromatic carbocycles. The second-order valence-corrected chi connectivity index (χ2v) is 10.7. The number of nitrogens with two attached hydrogens (primary N) is 1. The van der Waals surface area contributed by atoms with Crippen LogP contribution in [0, 0.1) is 29.1 Å². The van der Waals surface area contributed by atoms with Gasteiger partial charge in [0.1, 0.15) is 23.6 Å². The van der Waals surface area contributed by atoms with E-state index in [2.05, 4.69) is 33.1 Å². The summed E-state index contributed by atoms with van der Waals surface area (Å²) in [5.41, 5.74) is 7.04. The zero-order valence-corrected chi connectivity index (χ0v) is 23.1. The Hall–Kier alpha value is -3.90. The summed E-state index contributed by atoms with van der Waals surface area (Å²) in [7, 11) is 1.61. The molecule has 2 fully saturated rings. The number of pyridine rings is 1. The minimum Gasteiger partial charge on any atom is -0.374 e. The van der Waals surface area contributed by atoms with Crippen LogP contribution in [0.2, 0.25) is 0 Å². The molecule has 0 radical (unpaired) electrons. The molecular formula is C29H36N8O3. The van der Waals surface area contributed by atoms with Gasteiger partial charge in [0.2, 0.25) is 0 Å². The van der Waals surface area contributed by atoms with Crippen LogP contribution in [0.25, 0.3) is 11.0 Å². The van der Waals surface area contributed by atoms with Gasteiger partial charge in [-0.25, -0.2) is 4.79 Å². The molecule has 1 saturated carbocycles. The number of hydrogen-bond acceptors (Lipinski definition) is 8. The highest BCUT2D eigenvalue weighted by Gasteiger charge is 2.33. The standard InChI is InChI=1S/C29H36N8O3/c1-3-4-14-36-25-24(34(2)29(40)37(28(25)39)18-22-20(15-30)10-6-12-32-22)23(26(38)33-16-19-8-5-9-19)27(36)35-13-7-11-21(31)17-35/h6,10,12,19,21,26,33,38H,5,7-9,11,13-14,16-18,31H2,1-2H3/t21-,26?/m1/s1. The molecule has 4 N–H and O–H groups in total. The summed E-state index contributed by atoms with van der Waals surface area (Å²) in [5, 5.41) is 24.4. The Labute approximate surface area is 232 Å². The lowest BCUT2D eigenvalue weighted by Gasteiger charge is -2.34. The maximum atomic E-state index is 14.2. The Morgan fingerprint density at radius 3 is 2.70 bits per heavy atom. The van der Waals surface area contributed by atoms with Crippen molar-refractivity contribution in [1.82, 2.24) is 24.0 Å². The van der Waals surface area contributed by atoms with Gasteiger partial charge in [0.15, 0.2) is 0 Å². The molecule has 2 aliphatic rings. The van der Waals surface area contributed by atoms with Gasteiger partial charge in [-0.1, -0.05) is 12.3 Å². The average Bonchev–Trinajstić information content (AvgIpc) is 3.27. The first-order chi connectivity index (χ1) is 19.3. The number of aliphatic hydroxyl groups is 1. The van der Waals surface area contributed by atoms with E-state index in [0.29, 0.717) is 53.7 Å². The number of aryl methyl sites for hydroxylation is 1. The van der Waals surface area contributed by atoms with Crippen LogP contribution >= 0.6 is 0 Å². The van der Waals surface area contributed by atoms with Crippen molar-refractivity contribution < 1.29 is 5.11 Å². The molecular weight excluding hydrogens is 508 g/mol. The van der Waals surface area contributed by atoms with E-state index in [1.54, 1.807) is 26.1 Å².